The molecule has 1 heterocycles. The number of carbonyl (C=O) groups is 1. The predicted octanol–water partition coefficient (Wildman–Crippen LogP) is 2.11. The van der Waals surface area contributed by atoms with Crippen molar-refractivity contribution in [2.24, 2.45) is 7.05 Å². The van der Waals surface area contributed by atoms with Gasteiger partial charge in [-0.2, -0.15) is 5.10 Å². The van der Waals surface area contributed by atoms with Crippen molar-refractivity contribution in [2.75, 3.05) is 5.32 Å². The minimum absolute atomic E-state index is 0.115. The molecule has 3 aromatic rings. The van der Waals surface area contributed by atoms with Gasteiger partial charge in [-0.25, -0.2) is 4.68 Å². The van der Waals surface area contributed by atoms with E-state index < -0.39 is 0 Å². The molecule has 0 fully saturated rings. The second-order valence-corrected chi connectivity index (χ2v) is 5.01. The molecule has 1 aromatic heterocycles. The van der Waals surface area contributed by atoms with Gasteiger partial charge in [-0.3, -0.25) is 9.59 Å². The molecule has 0 unspecified atom stereocenters. The average molecular weight is 293 g/mol. The Labute approximate surface area is 127 Å². The molecule has 0 spiro atoms. The van der Waals surface area contributed by atoms with Crippen molar-refractivity contribution in [3.8, 4) is 0 Å². The third kappa shape index (κ3) is 2.74. The van der Waals surface area contributed by atoms with Gasteiger partial charge >= 0.3 is 0 Å². The molecule has 0 bridgehead atoms. The summed E-state index contributed by atoms with van der Waals surface area (Å²) >= 11 is 0. The SMILES string of the molecule is Cn1nc(CC(=O)Nc2ccccc2)c2ccccc2c1=O. The summed E-state index contributed by atoms with van der Waals surface area (Å²) in [5.74, 6) is -0.164. The first-order valence-electron chi connectivity index (χ1n) is 6.95. The summed E-state index contributed by atoms with van der Waals surface area (Å²) in [5, 5.41) is 8.34. The minimum Gasteiger partial charge on any atom is -0.326 e. The maximum Gasteiger partial charge on any atom is 0.274 e. The lowest BCUT2D eigenvalue weighted by Gasteiger charge is -2.08. The lowest BCUT2D eigenvalue weighted by atomic mass is 10.1. The molecule has 3 rings (SSSR count). The molecule has 2 aromatic carbocycles. The smallest absolute Gasteiger partial charge is 0.274 e. The van der Waals surface area contributed by atoms with Gasteiger partial charge < -0.3 is 5.32 Å². The van der Waals surface area contributed by atoms with Crippen LogP contribution in [0.5, 0.6) is 0 Å². The van der Waals surface area contributed by atoms with Gasteiger partial charge in [-0.05, 0) is 18.2 Å². The Hall–Kier alpha value is -2.95. The highest BCUT2D eigenvalue weighted by Crippen LogP contribution is 2.14. The number of para-hydroxylation sites is 1. The van der Waals surface area contributed by atoms with Crippen molar-refractivity contribution in [3.05, 3.63) is 70.6 Å². The van der Waals surface area contributed by atoms with Crippen molar-refractivity contribution in [1.82, 2.24) is 9.78 Å². The van der Waals surface area contributed by atoms with Crippen LogP contribution in [-0.4, -0.2) is 15.7 Å². The number of aryl methyl sites for hydroxylation is 1. The van der Waals surface area contributed by atoms with E-state index in [9.17, 15) is 9.59 Å². The lowest BCUT2D eigenvalue weighted by Crippen LogP contribution is -2.24. The Bertz CT molecular complexity index is 885. The topological polar surface area (TPSA) is 64.0 Å². The zero-order valence-electron chi connectivity index (χ0n) is 12.1. The molecular weight excluding hydrogens is 278 g/mol. The van der Waals surface area contributed by atoms with Gasteiger partial charge in [0.2, 0.25) is 5.91 Å². The number of hydrogen-bond donors (Lipinski definition) is 1. The Balaban J connectivity index is 1.92. The predicted molar refractivity (Wildman–Crippen MR) is 85.8 cm³/mol. The third-order valence-electron chi connectivity index (χ3n) is 3.42. The number of aromatic nitrogens is 2. The summed E-state index contributed by atoms with van der Waals surface area (Å²) in [6.45, 7) is 0. The van der Waals surface area contributed by atoms with Crippen LogP contribution >= 0.6 is 0 Å². The van der Waals surface area contributed by atoms with Crippen LogP contribution in [0.4, 0.5) is 5.69 Å². The van der Waals surface area contributed by atoms with Crippen LogP contribution in [0, 0.1) is 0 Å². The Morgan fingerprint density at radius 3 is 2.41 bits per heavy atom. The van der Waals surface area contributed by atoms with Crippen LogP contribution in [-0.2, 0) is 18.3 Å². The summed E-state index contributed by atoms with van der Waals surface area (Å²) in [6, 6.07) is 16.4. The second-order valence-electron chi connectivity index (χ2n) is 5.01. The van der Waals surface area contributed by atoms with Crippen molar-refractivity contribution in [2.45, 2.75) is 6.42 Å². The molecule has 1 N–H and O–H groups in total. The first-order chi connectivity index (χ1) is 10.6. The summed E-state index contributed by atoms with van der Waals surface area (Å²) in [7, 11) is 1.59. The van der Waals surface area contributed by atoms with E-state index in [0.717, 1.165) is 5.69 Å². The van der Waals surface area contributed by atoms with E-state index in [1.807, 2.05) is 42.5 Å². The fourth-order valence-electron chi connectivity index (χ4n) is 2.39. The molecule has 22 heavy (non-hydrogen) atoms. The van der Waals surface area contributed by atoms with Crippen molar-refractivity contribution < 1.29 is 4.79 Å². The largest absolute Gasteiger partial charge is 0.326 e. The van der Waals surface area contributed by atoms with E-state index in [1.165, 1.54) is 4.68 Å². The monoisotopic (exact) mass is 293 g/mol. The minimum atomic E-state index is -0.164. The second kappa shape index (κ2) is 5.81. The fraction of sp³-hybridized carbons (Fsp3) is 0.118. The highest BCUT2D eigenvalue weighted by molar-refractivity contribution is 5.95. The first-order valence-corrected chi connectivity index (χ1v) is 6.95. The highest BCUT2D eigenvalue weighted by Gasteiger charge is 2.12. The molecule has 1 amide bonds. The van der Waals surface area contributed by atoms with Crippen molar-refractivity contribution >= 4 is 22.4 Å². The van der Waals surface area contributed by atoms with Crippen LogP contribution < -0.4 is 10.9 Å². The van der Waals surface area contributed by atoms with Gasteiger partial charge in [0, 0.05) is 18.1 Å². The quantitative estimate of drug-likeness (QED) is 0.804. The molecule has 0 radical (unpaired) electrons. The molecule has 0 atom stereocenters. The number of amides is 1. The normalized spacial score (nSPS) is 10.6. The molecule has 0 saturated carbocycles. The molecule has 0 aliphatic heterocycles. The number of anilines is 1. The molecule has 0 aliphatic rings. The number of carbonyl (C=O) groups excluding carboxylic acids is 1. The number of rotatable bonds is 3. The van der Waals surface area contributed by atoms with Crippen LogP contribution in [0.25, 0.3) is 10.8 Å². The van der Waals surface area contributed by atoms with E-state index in [-0.39, 0.29) is 17.9 Å². The van der Waals surface area contributed by atoms with E-state index in [2.05, 4.69) is 10.4 Å². The Morgan fingerprint density at radius 2 is 1.68 bits per heavy atom. The van der Waals surface area contributed by atoms with Crippen LogP contribution in [0.15, 0.2) is 59.4 Å². The van der Waals surface area contributed by atoms with Gasteiger partial charge in [0.15, 0.2) is 0 Å². The van der Waals surface area contributed by atoms with Gasteiger partial charge in [-0.15, -0.1) is 0 Å². The number of hydrogen-bond acceptors (Lipinski definition) is 3. The maximum atomic E-state index is 12.2. The zero-order chi connectivity index (χ0) is 15.5. The maximum absolute atomic E-state index is 12.2. The average Bonchev–Trinajstić information content (AvgIpc) is 2.53. The van der Waals surface area contributed by atoms with Gasteiger partial charge in [0.1, 0.15) is 0 Å². The van der Waals surface area contributed by atoms with Crippen molar-refractivity contribution in [1.29, 1.82) is 0 Å². The van der Waals surface area contributed by atoms with Crippen LogP contribution in [0.2, 0.25) is 0 Å². The van der Waals surface area contributed by atoms with Gasteiger partial charge in [-0.1, -0.05) is 36.4 Å². The third-order valence-corrected chi connectivity index (χ3v) is 3.42. The lowest BCUT2D eigenvalue weighted by molar-refractivity contribution is -0.115. The van der Waals surface area contributed by atoms with Crippen LogP contribution in [0.3, 0.4) is 0 Å². The van der Waals surface area contributed by atoms with Gasteiger partial charge in [0.25, 0.3) is 5.56 Å². The summed E-state index contributed by atoms with van der Waals surface area (Å²) in [4.78, 5) is 24.2. The Kier molecular flexibility index (Phi) is 3.70. The standard InChI is InChI=1S/C17H15N3O2/c1-20-17(22)14-10-6-5-9-13(14)15(19-20)11-16(21)18-12-7-3-2-4-8-12/h2-10H,11H2,1H3,(H,18,21). The van der Waals surface area contributed by atoms with E-state index in [4.69, 9.17) is 0 Å². The number of benzene rings is 2. The van der Waals surface area contributed by atoms with Crippen molar-refractivity contribution in [3.63, 3.8) is 0 Å². The molecule has 5 nitrogen and oxygen atoms in total. The summed E-state index contributed by atoms with van der Waals surface area (Å²) in [5.41, 5.74) is 1.16. The molecule has 0 aliphatic carbocycles. The van der Waals surface area contributed by atoms with Crippen LogP contribution in [0.1, 0.15) is 5.69 Å². The Morgan fingerprint density at radius 1 is 1.05 bits per heavy atom. The zero-order valence-corrected chi connectivity index (χ0v) is 12.1. The highest BCUT2D eigenvalue weighted by atomic mass is 16.1. The number of fused-ring (bicyclic) bond motifs is 1. The molecular formula is C17H15N3O2. The van der Waals surface area contributed by atoms with E-state index in [0.29, 0.717) is 16.5 Å². The van der Waals surface area contributed by atoms with E-state index >= 15 is 0 Å². The molecule has 110 valence electrons. The summed E-state index contributed by atoms with van der Waals surface area (Å²) in [6.07, 6.45) is 0.115. The molecule has 5 heteroatoms. The van der Waals surface area contributed by atoms with E-state index in [1.54, 1.807) is 19.2 Å². The number of nitrogens with one attached hydrogen (secondary N) is 1. The van der Waals surface area contributed by atoms with Gasteiger partial charge in [0.05, 0.1) is 17.5 Å². The molecule has 0 saturated heterocycles. The fourth-order valence-corrected chi connectivity index (χ4v) is 2.39. The first kappa shape index (κ1) is 14.0. The number of nitrogens with zero attached hydrogens (tertiary/aromatic N) is 2. The summed E-state index contributed by atoms with van der Waals surface area (Å²) < 4.78 is 1.27.